The van der Waals surface area contributed by atoms with Gasteiger partial charge in [-0.15, -0.1) is 0 Å². The monoisotopic (exact) mass is 233 g/mol. The lowest BCUT2D eigenvalue weighted by atomic mass is 10.2. The first kappa shape index (κ1) is 9.98. The van der Waals surface area contributed by atoms with Gasteiger partial charge in [-0.25, -0.2) is 9.37 Å². The minimum absolute atomic E-state index is 0.126. The van der Waals surface area contributed by atoms with Gasteiger partial charge in [0.1, 0.15) is 12.1 Å². The van der Waals surface area contributed by atoms with Crippen molar-refractivity contribution in [3.05, 3.63) is 48.0 Å². The number of aliphatic hydroxyl groups excluding tert-OH is 1. The SMILES string of the molecule is OC(c1ncn[nH]1)c1cc2cccc(F)c2o1. The number of aromatic amines is 1. The highest BCUT2D eigenvalue weighted by Gasteiger charge is 2.19. The Morgan fingerprint density at radius 2 is 2.29 bits per heavy atom. The van der Waals surface area contributed by atoms with Crippen molar-refractivity contribution in [3.63, 3.8) is 0 Å². The number of hydrogen-bond donors (Lipinski definition) is 2. The van der Waals surface area contributed by atoms with Crippen molar-refractivity contribution in [1.82, 2.24) is 15.2 Å². The van der Waals surface area contributed by atoms with Crippen molar-refractivity contribution in [2.24, 2.45) is 0 Å². The van der Waals surface area contributed by atoms with Crippen molar-refractivity contribution in [3.8, 4) is 0 Å². The number of benzene rings is 1. The summed E-state index contributed by atoms with van der Waals surface area (Å²) in [7, 11) is 0. The minimum Gasteiger partial charge on any atom is -0.455 e. The molecule has 2 N–H and O–H groups in total. The topological polar surface area (TPSA) is 74.9 Å². The number of halogens is 1. The van der Waals surface area contributed by atoms with Crippen LogP contribution >= 0.6 is 0 Å². The van der Waals surface area contributed by atoms with Gasteiger partial charge < -0.3 is 9.52 Å². The summed E-state index contributed by atoms with van der Waals surface area (Å²) in [5, 5.41) is 16.7. The summed E-state index contributed by atoms with van der Waals surface area (Å²) in [5.74, 6) is 0.0184. The van der Waals surface area contributed by atoms with Gasteiger partial charge in [-0.3, -0.25) is 5.10 Å². The summed E-state index contributed by atoms with van der Waals surface area (Å²) in [5.41, 5.74) is 0.126. The third-order valence-electron chi connectivity index (χ3n) is 2.48. The number of nitrogens with zero attached hydrogens (tertiary/aromatic N) is 2. The number of nitrogens with one attached hydrogen (secondary N) is 1. The van der Waals surface area contributed by atoms with E-state index < -0.39 is 11.9 Å². The molecule has 0 saturated heterocycles. The van der Waals surface area contributed by atoms with Crippen LogP contribution in [0.5, 0.6) is 0 Å². The van der Waals surface area contributed by atoms with E-state index in [2.05, 4.69) is 15.2 Å². The van der Waals surface area contributed by atoms with E-state index in [-0.39, 0.29) is 17.2 Å². The molecular formula is C11H8FN3O2. The average molecular weight is 233 g/mol. The van der Waals surface area contributed by atoms with Crippen LogP contribution in [-0.4, -0.2) is 20.3 Å². The Labute approximate surface area is 94.9 Å². The largest absolute Gasteiger partial charge is 0.455 e. The van der Waals surface area contributed by atoms with E-state index in [0.29, 0.717) is 5.39 Å². The second-order valence-corrected chi connectivity index (χ2v) is 3.58. The van der Waals surface area contributed by atoms with Crippen LogP contribution in [0.25, 0.3) is 11.0 Å². The second-order valence-electron chi connectivity index (χ2n) is 3.58. The van der Waals surface area contributed by atoms with Gasteiger partial charge in [-0.05, 0) is 12.1 Å². The van der Waals surface area contributed by atoms with E-state index in [1.165, 1.54) is 12.4 Å². The Hall–Kier alpha value is -2.21. The highest BCUT2D eigenvalue weighted by atomic mass is 19.1. The molecule has 2 aromatic heterocycles. The molecular weight excluding hydrogens is 225 g/mol. The summed E-state index contributed by atoms with van der Waals surface area (Å²) in [6.07, 6.45) is 0.200. The van der Waals surface area contributed by atoms with Crippen molar-refractivity contribution < 1.29 is 13.9 Å². The van der Waals surface area contributed by atoms with Crippen LogP contribution in [0.15, 0.2) is 35.0 Å². The smallest absolute Gasteiger partial charge is 0.171 e. The molecule has 6 heteroatoms. The first-order valence-corrected chi connectivity index (χ1v) is 4.97. The Morgan fingerprint density at radius 1 is 1.41 bits per heavy atom. The number of aliphatic hydroxyl groups is 1. The van der Waals surface area contributed by atoms with Gasteiger partial charge in [0.2, 0.25) is 0 Å². The molecule has 1 aromatic carbocycles. The predicted octanol–water partition coefficient (Wildman–Crippen LogP) is 1.77. The standard InChI is InChI=1S/C11H8FN3O2/c12-7-3-1-2-6-4-8(17-10(6)7)9(16)11-13-5-14-15-11/h1-5,9,16H,(H,13,14,15). The van der Waals surface area contributed by atoms with Gasteiger partial charge in [-0.1, -0.05) is 12.1 Å². The fourth-order valence-electron chi connectivity index (χ4n) is 1.66. The molecule has 0 spiro atoms. The molecule has 5 nitrogen and oxygen atoms in total. The summed E-state index contributed by atoms with van der Waals surface area (Å²) in [4.78, 5) is 3.81. The van der Waals surface area contributed by atoms with Crippen LogP contribution in [0.1, 0.15) is 17.7 Å². The van der Waals surface area contributed by atoms with Crippen LogP contribution in [-0.2, 0) is 0 Å². The van der Waals surface area contributed by atoms with E-state index >= 15 is 0 Å². The Bertz CT molecular complexity index is 648. The third-order valence-corrected chi connectivity index (χ3v) is 2.48. The number of hydrogen-bond acceptors (Lipinski definition) is 4. The molecule has 0 aliphatic heterocycles. The molecule has 0 fully saturated rings. The Kier molecular flexibility index (Phi) is 2.15. The molecule has 0 radical (unpaired) electrons. The van der Waals surface area contributed by atoms with Crippen molar-refractivity contribution in [2.75, 3.05) is 0 Å². The predicted molar refractivity (Wildman–Crippen MR) is 56.6 cm³/mol. The van der Waals surface area contributed by atoms with Crippen molar-refractivity contribution in [2.45, 2.75) is 6.10 Å². The van der Waals surface area contributed by atoms with E-state index in [9.17, 15) is 9.50 Å². The number of aromatic nitrogens is 3. The van der Waals surface area contributed by atoms with Gasteiger partial charge >= 0.3 is 0 Å². The minimum atomic E-state index is -1.08. The zero-order valence-corrected chi connectivity index (χ0v) is 8.59. The van der Waals surface area contributed by atoms with Crippen LogP contribution in [0.4, 0.5) is 4.39 Å². The summed E-state index contributed by atoms with van der Waals surface area (Å²) in [6.45, 7) is 0. The highest BCUT2D eigenvalue weighted by Crippen LogP contribution is 2.27. The summed E-state index contributed by atoms with van der Waals surface area (Å²) in [6, 6.07) is 6.17. The lowest BCUT2D eigenvalue weighted by Gasteiger charge is -2.01. The summed E-state index contributed by atoms with van der Waals surface area (Å²) < 4.78 is 18.7. The first-order valence-electron chi connectivity index (χ1n) is 4.97. The number of rotatable bonds is 2. The lowest BCUT2D eigenvalue weighted by molar-refractivity contribution is 0.182. The van der Waals surface area contributed by atoms with Crippen LogP contribution in [0, 0.1) is 5.82 Å². The van der Waals surface area contributed by atoms with E-state index in [0.717, 1.165) is 0 Å². The fraction of sp³-hybridized carbons (Fsp3) is 0.0909. The number of H-pyrrole nitrogens is 1. The molecule has 1 atom stereocenters. The van der Waals surface area contributed by atoms with Gasteiger partial charge in [0.05, 0.1) is 0 Å². The molecule has 2 heterocycles. The second kappa shape index (κ2) is 3.67. The lowest BCUT2D eigenvalue weighted by Crippen LogP contribution is -2.00. The molecule has 0 bridgehead atoms. The molecule has 0 aliphatic carbocycles. The quantitative estimate of drug-likeness (QED) is 0.707. The molecule has 17 heavy (non-hydrogen) atoms. The Balaban J connectivity index is 2.10. The highest BCUT2D eigenvalue weighted by molar-refractivity contribution is 5.78. The third kappa shape index (κ3) is 1.58. The maximum atomic E-state index is 13.4. The average Bonchev–Trinajstić information content (AvgIpc) is 2.98. The normalized spacial score (nSPS) is 13.1. The Morgan fingerprint density at radius 3 is 3.00 bits per heavy atom. The zero-order chi connectivity index (χ0) is 11.8. The van der Waals surface area contributed by atoms with E-state index in [4.69, 9.17) is 4.42 Å². The van der Waals surface area contributed by atoms with E-state index in [1.807, 2.05) is 0 Å². The van der Waals surface area contributed by atoms with Gasteiger partial charge in [-0.2, -0.15) is 5.10 Å². The fourth-order valence-corrected chi connectivity index (χ4v) is 1.66. The van der Waals surface area contributed by atoms with Crippen molar-refractivity contribution >= 4 is 11.0 Å². The number of furan rings is 1. The van der Waals surface area contributed by atoms with Crippen LogP contribution in [0.3, 0.4) is 0 Å². The molecule has 86 valence electrons. The van der Waals surface area contributed by atoms with Crippen LogP contribution in [0.2, 0.25) is 0 Å². The van der Waals surface area contributed by atoms with E-state index in [1.54, 1.807) is 18.2 Å². The maximum Gasteiger partial charge on any atom is 0.171 e. The van der Waals surface area contributed by atoms with Gasteiger partial charge in [0.25, 0.3) is 0 Å². The molecule has 0 aliphatic rings. The molecule has 1 unspecified atom stereocenters. The molecule has 3 aromatic rings. The first-order chi connectivity index (χ1) is 8.25. The van der Waals surface area contributed by atoms with Gasteiger partial charge in [0, 0.05) is 5.39 Å². The summed E-state index contributed by atoms with van der Waals surface area (Å²) >= 11 is 0. The van der Waals surface area contributed by atoms with Crippen LogP contribution < -0.4 is 0 Å². The van der Waals surface area contributed by atoms with Gasteiger partial charge in [0.15, 0.2) is 23.3 Å². The maximum absolute atomic E-state index is 13.4. The molecule has 0 amide bonds. The van der Waals surface area contributed by atoms with Crippen molar-refractivity contribution in [1.29, 1.82) is 0 Å². The molecule has 3 rings (SSSR count). The number of para-hydroxylation sites is 1. The number of fused-ring (bicyclic) bond motifs is 1. The zero-order valence-electron chi connectivity index (χ0n) is 8.59. The molecule has 0 saturated carbocycles.